The van der Waals surface area contributed by atoms with Crippen LogP contribution in [0.5, 0.6) is 0 Å². The van der Waals surface area contributed by atoms with Crippen LogP contribution >= 0.6 is 0 Å². The molecule has 0 amide bonds. The van der Waals surface area contributed by atoms with Gasteiger partial charge in [-0.15, -0.1) is 71.3 Å². The second kappa shape index (κ2) is 13.6. The van der Waals surface area contributed by atoms with Crippen molar-refractivity contribution in [2.24, 2.45) is 0 Å². The third-order valence-electron chi connectivity index (χ3n) is 6.01. The number of hydrogen-bond donors (Lipinski definition) is 0. The summed E-state index contributed by atoms with van der Waals surface area (Å²) in [5.74, 6) is 0.917. The molecule has 1 radical (unpaired) electrons. The molecule has 0 saturated carbocycles. The summed E-state index contributed by atoms with van der Waals surface area (Å²) in [5, 5.41) is 0. The van der Waals surface area contributed by atoms with E-state index in [4.69, 9.17) is 0 Å². The average Bonchev–Trinajstić information content (AvgIpc) is 2.94. The Bertz CT molecular complexity index is 1300. The first kappa shape index (κ1) is 27.2. The van der Waals surface area contributed by atoms with Gasteiger partial charge in [0.25, 0.3) is 0 Å². The Morgan fingerprint density at radius 2 is 1.31 bits per heavy atom. The minimum atomic E-state index is 0. The maximum absolute atomic E-state index is 4.36. The van der Waals surface area contributed by atoms with Crippen molar-refractivity contribution in [3.8, 4) is 22.5 Å². The summed E-state index contributed by atoms with van der Waals surface area (Å²) in [7, 11) is 0. The molecule has 36 heavy (non-hydrogen) atoms. The van der Waals surface area contributed by atoms with Crippen molar-refractivity contribution >= 4 is 0 Å². The molecule has 5 rings (SSSR count). The molecule has 0 aliphatic heterocycles. The van der Waals surface area contributed by atoms with Gasteiger partial charge < -0.3 is 9.97 Å². The molecule has 1 unspecified atom stereocenters. The molecule has 3 heteroatoms. The predicted octanol–water partition coefficient (Wildman–Crippen LogP) is 8.37. The second-order valence-electron chi connectivity index (χ2n) is 8.79. The topological polar surface area (TPSA) is 25.8 Å². The van der Waals surface area contributed by atoms with Gasteiger partial charge in [0, 0.05) is 32.5 Å². The largest absolute Gasteiger partial charge is 0.305 e. The Labute approximate surface area is 228 Å². The van der Waals surface area contributed by atoms with Crippen LogP contribution in [0.1, 0.15) is 49.3 Å². The van der Waals surface area contributed by atoms with E-state index in [1.165, 1.54) is 16.7 Å². The molecule has 1 atom stereocenters. The fraction of sp³-hybridized carbons (Fsp3) is 0.152. The summed E-state index contributed by atoms with van der Waals surface area (Å²) in [6, 6.07) is 41.5. The van der Waals surface area contributed by atoms with E-state index in [1.54, 1.807) is 0 Å². The minimum absolute atomic E-state index is 0. The van der Waals surface area contributed by atoms with E-state index in [0.29, 0.717) is 11.8 Å². The van der Waals surface area contributed by atoms with Gasteiger partial charge in [-0.05, 0) is 40.9 Å². The standard InChI is InChI=1S/C19H16N.C14H14N.Ir/c1-15(16-7-3-2-4-8-16)17-10-12-18(13-11-17)19-9-5-6-14-20-19;1-11(2)13-8-9-15-14(10-13)12-6-4-3-5-7-12;/h2-12,14-15H,1H3;3-6,8-11H,1-2H3;/q2*-1;. The number of aromatic nitrogens is 2. The Kier molecular flexibility index (Phi) is 10.3. The van der Waals surface area contributed by atoms with E-state index >= 15 is 0 Å². The summed E-state index contributed by atoms with van der Waals surface area (Å²) in [5.41, 5.74) is 7.97. The van der Waals surface area contributed by atoms with Crippen molar-refractivity contribution in [2.75, 3.05) is 0 Å². The van der Waals surface area contributed by atoms with Crippen molar-refractivity contribution in [2.45, 2.75) is 32.6 Å². The number of pyridine rings is 2. The van der Waals surface area contributed by atoms with Gasteiger partial charge in [0.15, 0.2) is 0 Å². The zero-order chi connectivity index (χ0) is 24.5. The molecule has 2 nitrogen and oxygen atoms in total. The molecule has 0 saturated heterocycles. The maximum Gasteiger partial charge on any atom is 0.0163 e. The van der Waals surface area contributed by atoms with Crippen molar-refractivity contribution in [3.05, 3.63) is 144 Å². The van der Waals surface area contributed by atoms with Crippen molar-refractivity contribution < 1.29 is 20.1 Å². The molecule has 0 fully saturated rings. The Morgan fingerprint density at radius 3 is 1.94 bits per heavy atom. The van der Waals surface area contributed by atoms with Crippen molar-refractivity contribution in [1.29, 1.82) is 0 Å². The van der Waals surface area contributed by atoms with Gasteiger partial charge in [-0.3, -0.25) is 0 Å². The SMILES string of the molecule is CC(C)c1ccnc(-c2[c-]cccc2)c1.CC(c1c[c-]c(-c2ccccn2)cc1)c1ccccc1.[Ir]. The summed E-state index contributed by atoms with van der Waals surface area (Å²) < 4.78 is 0. The van der Waals surface area contributed by atoms with E-state index in [2.05, 4.69) is 97.5 Å². The second-order valence-corrected chi connectivity index (χ2v) is 8.79. The molecule has 0 bridgehead atoms. The van der Waals surface area contributed by atoms with Crippen LogP contribution < -0.4 is 0 Å². The fourth-order valence-corrected chi connectivity index (χ4v) is 3.83. The van der Waals surface area contributed by atoms with Crippen LogP contribution in [0.3, 0.4) is 0 Å². The van der Waals surface area contributed by atoms with Crippen molar-refractivity contribution in [3.63, 3.8) is 0 Å². The summed E-state index contributed by atoms with van der Waals surface area (Å²) in [4.78, 5) is 8.71. The zero-order valence-electron chi connectivity index (χ0n) is 20.9. The molecule has 2 heterocycles. The van der Waals surface area contributed by atoms with Crippen LogP contribution in [0, 0.1) is 12.1 Å². The minimum Gasteiger partial charge on any atom is -0.305 e. The maximum atomic E-state index is 4.36. The molecular weight excluding hydrogens is 617 g/mol. The first-order valence-electron chi connectivity index (χ1n) is 12.0. The van der Waals surface area contributed by atoms with E-state index in [1.807, 2.05) is 60.9 Å². The molecule has 0 aliphatic carbocycles. The number of benzene rings is 3. The van der Waals surface area contributed by atoms with Gasteiger partial charge in [0.2, 0.25) is 0 Å². The number of rotatable bonds is 5. The monoisotopic (exact) mass is 647 g/mol. The van der Waals surface area contributed by atoms with Gasteiger partial charge in [-0.1, -0.05) is 74.9 Å². The smallest absolute Gasteiger partial charge is 0.0163 e. The quantitative estimate of drug-likeness (QED) is 0.179. The van der Waals surface area contributed by atoms with E-state index < -0.39 is 0 Å². The zero-order valence-corrected chi connectivity index (χ0v) is 23.2. The fourth-order valence-electron chi connectivity index (χ4n) is 3.83. The van der Waals surface area contributed by atoms with Crippen LogP contribution in [0.2, 0.25) is 0 Å². The molecule has 5 aromatic rings. The molecule has 0 aliphatic rings. The van der Waals surface area contributed by atoms with Crippen LogP contribution in [0.25, 0.3) is 22.5 Å². The normalized spacial score (nSPS) is 11.1. The van der Waals surface area contributed by atoms with E-state index in [0.717, 1.165) is 22.5 Å². The molecule has 0 N–H and O–H groups in total. The van der Waals surface area contributed by atoms with Gasteiger partial charge in [-0.2, -0.15) is 0 Å². The van der Waals surface area contributed by atoms with Gasteiger partial charge in [-0.25, -0.2) is 0 Å². The van der Waals surface area contributed by atoms with Gasteiger partial charge in [0.05, 0.1) is 0 Å². The van der Waals surface area contributed by atoms with Crippen LogP contribution in [0.4, 0.5) is 0 Å². The Balaban J connectivity index is 0.000000203. The third kappa shape index (κ3) is 7.31. The molecule has 2 aromatic heterocycles. The molecule has 183 valence electrons. The number of nitrogens with zero attached hydrogens (tertiary/aromatic N) is 2. The number of hydrogen-bond acceptors (Lipinski definition) is 2. The van der Waals surface area contributed by atoms with Crippen LogP contribution in [-0.2, 0) is 20.1 Å². The summed E-state index contributed by atoms with van der Waals surface area (Å²) in [6.07, 6.45) is 3.68. The van der Waals surface area contributed by atoms with Gasteiger partial charge in [0.1, 0.15) is 0 Å². The molecule has 3 aromatic carbocycles. The Morgan fingerprint density at radius 1 is 0.583 bits per heavy atom. The molecule has 0 spiro atoms. The predicted molar refractivity (Wildman–Crippen MR) is 145 cm³/mol. The molecular formula is C33H30IrN2-2. The van der Waals surface area contributed by atoms with E-state index in [-0.39, 0.29) is 20.1 Å². The first-order chi connectivity index (χ1) is 17.1. The Hall–Kier alpha value is -3.39. The average molecular weight is 647 g/mol. The summed E-state index contributed by atoms with van der Waals surface area (Å²) in [6.45, 7) is 6.60. The summed E-state index contributed by atoms with van der Waals surface area (Å²) >= 11 is 0. The van der Waals surface area contributed by atoms with Crippen molar-refractivity contribution in [1.82, 2.24) is 9.97 Å². The van der Waals surface area contributed by atoms with Crippen LogP contribution in [-0.4, -0.2) is 9.97 Å². The van der Waals surface area contributed by atoms with Gasteiger partial charge >= 0.3 is 0 Å². The van der Waals surface area contributed by atoms with Crippen LogP contribution in [0.15, 0.2) is 116 Å². The third-order valence-corrected chi connectivity index (χ3v) is 6.01. The van der Waals surface area contributed by atoms with E-state index in [9.17, 15) is 0 Å². The first-order valence-corrected chi connectivity index (χ1v) is 12.0.